The number of pyridine rings is 1. The van der Waals surface area contributed by atoms with Crippen LogP contribution in [0.25, 0.3) is 11.1 Å². The zero-order valence-corrected chi connectivity index (χ0v) is 17.6. The second-order valence-electron chi connectivity index (χ2n) is 8.34. The molecule has 2 aromatic rings. The lowest BCUT2D eigenvalue weighted by molar-refractivity contribution is 0.249. The van der Waals surface area contributed by atoms with Gasteiger partial charge >= 0.3 is 0 Å². The number of unbranched alkanes of at least 4 members (excludes halogenated alkanes) is 3. The summed E-state index contributed by atoms with van der Waals surface area (Å²) >= 11 is 5.87. The van der Waals surface area contributed by atoms with E-state index in [-0.39, 0.29) is 0 Å². The van der Waals surface area contributed by atoms with Crippen molar-refractivity contribution < 1.29 is 0 Å². The van der Waals surface area contributed by atoms with Gasteiger partial charge in [0.15, 0.2) is 0 Å². The van der Waals surface area contributed by atoms with Gasteiger partial charge in [-0.2, -0.15) is 0 Å². The molecule has 0 saturated heterocycles. The lowest BCUT2D eigenvalue weighted by Crippen LogP contribution is -2.15. The molecule has 0 radical (unpaired) electrons. The minimum Gasteiger partial charge on any atom is -0.244 e. The van der Waals surface area contributed by atoms with Crippen LogP contribution in [-0.4, -0.2) is 4.98 Å². The van der Waals surface area contributed by atoms with Gasteiger partial charge in [0.2, 0.25) is 0 Å². The summed E-state index contributed by atoms with van der Waals surface area (Å²) < 4.78 is 0. The molecule has 1 aliphatic rings. The maximum absolute atomic E-state index is 5.87. The van der Waals surface area contributed by atoms with Gasteiger partial charge in [0.1, 0.15) is 5.15 Å². The van der Waals surface area contributed by atoms with E-state index in [1.165, 1.54) is 81.8 Å². The molecule has 2 heteroatoms. The highest BCUT2D eigenvalue weighted by molar-refractivity contribution is 6.29. The van der Waals surface area contributed by atoms with Crippen molar-refractivity contribution in [2.45, 2.75) is 77.6 Å². The topological polar surface area (TPSA) is 12.9 Å². The van der Waals surface area contributed by atoms with Crippen LogP contribution in [-0.2, 0) is 6.42 Å². The molecule has 0 unspecified atom stereocenters. The van der Waals surface area contributed by atoms with Gasteiger partial charge < -0.3 is 0 Å². The zero-order valence-electron chi connectivity index (χ0n) is 16.8. The number of halogens is 1. The van der Waals surface area contributed by atoms with Gasteiger partial charge in [0, 0.05) is 11.8 Å². The van der Waals surface area contributed by atoms with E-state index in [0.29, 0.717) is 5.15 Å². The zero-order chi connectivity index (χ0) is 18.9. The average molecular weight is 384 g/mol. The molecule has 0 aliphatic heterocycles. The van der Waals surface area contributed by atoms with Crippen LogP contribution in [0.1, 0.15) is 76.7 Å². The molecule has 1 saturated carbocycles. The predicted octanol–water partition coefficient (Wildman–Crippen LogP) is 8.11. The van der Waals surface area contributed by atoms with Gasteiger partial charge in [0.25, 0.3) is 0 Å². The largest absolute Gasteiger partial charge is 0.244 e. The Kier molecular flexibility index (Phi) is 8.20. The second kappa shape index (κ2) is 10.9. The van der Waals surface area contributed by atoms with Gasteiger partial charge in [-0.1, -0.05) is 101 Å². The van der Waals surface area contributed by atoms with Gasteiger partial charge in [0.05, 0.1) is 0 Å². The predicted molar refractivity (Wildman–Crippen MR) is 117 cm³/mol. The summed E-state index contributed by atoms with van der Waals surface area (Å²) in [5.41, 5.74) is 3.80. The molecule has 146 valence electrons. The van der Waals surface area contributed by atoms with E-state index in [1.54, 1.807) is 0 Å². The quantitative estimate of drug-likeness (QED) is 0.314. The van der Waals surface area contributed by atoms with Gasteiger partial charge in [-0.25, -0.2) is 4.98 Å². The van der Waals surface area contributed by atoms with Crippen LogP contribution >= 0.6 is 11.6 Å². The first kappa shape index (κ1) is 20.4. The van der Waals surface area contributed by atoms with Crippen molar-refractivity contribution in [3.8, 4) is 11.1 Å². The van der Waals surface area contributed by atoms with E-state index >= 15 is 0 Å². The number of aromatic nitrogens is 1. The van der Waals surface area contributed by atoms with Crippen LogP contribution in [0.15, 0.2) is 42.6 Å². The second-order valence-corrected chi connectivity index (χ2v) is 8.73. The summed E-state index contributed by atoms with van der Waals surface area (Å²) in [6.45, 7) is 2.30. The summed E-state index contributed by atoms with van der Waals surface area (Å²) in [5.74, 6) is 1.96. The lowest BCUT2D eigenvalue weighted by atomic mass is 9.77. The summed E-state index contributed by atoms with van der Waals surface area (Å²) in [7, 11) is 0. The summed E-state index contributed by atoms with van der Waals surface area (Å²) in [4.78, 5) is 4.17. The molecule has 1 heterocycles. The van der Waals surface area contributed by atoms with Crippen molar-refractivity contribution in [2.24, 2.45) is 11.8 Å². The van der Waals surface area contributed by atoms with Crippen molar-refractivity contribution in [2.75, 3.05) is 0 Å². The lowest BCUT2D eigenvalue weighted by Gasteiger charge is -2.28. The number of hydrogen-bond acceptors (Lipinski definition) is 1. The SMILES string of the molecule is CCCCCC[C@H]1CC[C@H](CCc2ccc(-c3ccc(Cl)nc3)cc2)CC1. The fourth-order valence-electron chi connectivity index (χ4n) is 4.45. The Balaban J connectivity index is 1.39. The number of aryl methyl sites for hydroxylation is 1. The average Bonchev–Trinajstić information content (AvgIpc) is 2.72. The minimum atomic E-state index is 0.547. The van der Waals surface area contributed by atoms with Crippen molar-refractivity contribution in [3.63, 3.8) is 0 Å². The molecule has 0 bridgehead atoms. The molecule has 1 fully saturated rings. The molecule has 1 aromatic carbocycles. The van der Waals surface area contributed by atoms with Crippen molar-refractivity contribution in [1.82, 2.24) is 4.98 Å². The molecule has 27 heavy (non-hydrogen) atoms. The molecule has 0 amide bonds. The third-order valence-electron chi connectivity index (χ3n) is 6.29. The van der Waals surface area contributed by atoms with Crippen LogP contribution in [0, 0.1) is 11.8 Å². The first-order chi connectivity index (χ1) is 13.2. The Labute approximate surface area is 170 Å². The highest BCUT2D eigenvalue weighted by Crippen LogP contribution is 2.34. The van der Waals surface area contributed by atoms with Gasteiger partial charge in [-0.05, 0) is 47.9 Å². The maximum atomic E-state index is 5.87. The van der Waals surface area contributed by atoms with Gasteiger partial charge in [-0.3, -0.25) is 0 Å². The molecule has 3 rings (SSSR count). The Morgan fingerprint density at radius 1 is 0.815 bits per heavy atom. The monoisotopic (exact) mass is 383 g/mol. The van der Waals surface area contributed by atoms with Crippen LogP contribution in [0.2, 0.25) is 5.15 Å². The van der Waals surface area contributed by atoms with E-state index in [9.17, 15) is 0 Å². The van der Waals surface area contributed by atoms with Crippen LogP contribution in [0.3, 0.4) is 0 Å². The Morgan fingerprint density at radius 3 is 2.11 bits per heavy atom. The molecule has 0 atom stereocenters. The molecule has 1 aromatic heterocycles. The first-order valence-electron chi connectivity index (χ1n) is 11.0. The molecule has 1 aliphatic carbocycles. The van der Waals surface area contributed by atoms with E-state index < -0.39 is 0 Å². The van der Waals surface area contributed by atoms with Crippen LogP contribution in [0.5, 0.6) is 0 Å². The highest BCUT2D eigenvalue weighted by atomic mass is 35.5. The number of hydrogen-bond donors (Lipinski definition) is 0. The van der Waals surface area contributed by atoms with Crippen molar-refractivity contribution in [3.05, 3.63) is 53.3 Å². The van der Waals surface area contributed by atoms with Gasteiger partial charge in [-0.15, -0.1) is 0 Å². The van der Waals surface area contributed by atoms with E-state index in [4.69, 9.17) is 11.6 Å². The van der Waals surface area contributed by atoms with E-state index in [2.05, 4.69) is 36.2 Å². The normalized spacial score (nSPS) is 19.9. The molecular formula is C25H34ClN. The molecule has 0 spiro atoms. The Morgan fingerprint density at radius 2 is 1.48 bits per heavy atom. The summed E-state index contributed by atoms with van der Waals surface area (Å²) in [6, 6.07) is 12.9. The minimum absolute atomic E-state index is 0.547. The smallest absolute Gasteiger partial charge is 0.129 e. The molecular weight excluding hydrogens is 350 g/mol. The maximum Gasteiger partial charge on any atom is 0.129 e. The Hall–Kier alpha value is -1.34. The van der Waals surface area contributed by atoms with Crippen LogP contribution in [0.4, 0.5) is 0 Å². The fraction of sp³-hybridized carbons (Fsp3) is 0.560. The Bertz CT molecular complexity index is 654. The number of rotatable bonds is 9. The van der Waals surface area contributed by atoms with Crippen LogP contribution < -0.4 is 0 Å². The fourth-order valence-corrected chi connectivity index (χ4v) is 4.56. The van der Waals surface area contributed by atoms with E-state index in [0.717, 1.165) is 17.4 Å². The third kappa shape index (κ3) is 6.64. The number of nitrogens with zero attached hydrogens (tertiary/aromatic N) is 1. The highest BCUT2D eigenvalue weighted by Gasteiger charge is 2.20. The summed E-state index contributed by atoms with van der Waals surface area (Å²) in [5, 5.41) is 0.547. The van der Waals surface area contributed by atoms with Crippen molar-refractivity contribution >= 4 is 11.6 Å². The molecule has 1 nitrogen and oxygen atoms in total. The van der Waals surface area contributed by atoms with E-state index in [1.807, 2.05) is 18.3 Å². The summed E-state index contributed by atoms with van der Waals surface area (Å²) in [6.07, 6.45) is 17.4. The molecule has 0 N–H and O–H groups in total. The van der Waals surface area contributed by atoms with Crippen molar-refractivity contribution in [1.29, 1.82) is 0 Å². The number of benzene rings is 1. The standard InChI is InChI=1S/C25H34ClN/c1-2-3-4-5-6-20-7-9-21(10-8-20)11-12-22-13-15-23(16-14-22)24-17-18-25(26)27-19-24/h13-21H,2-12H2,1H3/t20-,21-. The first-order valence-corrected chi connectivity index (χ1v) is 11.3. The third-order valence-corrected chi connectivity index (χ3v) is 6.51.